The van der Waals surface area contributed by atoms with Crippen molar-refractivity contribution >= 4 is 5.69 Å². The van der Waals surface area contributed by atoms with Gasteiger partial charge in [-0.2, -0.15) is 0 Å². The first-order valence-corrected chi connectivity index (χ1v) is 9.74. The lowest BCUT2D eigenvalue weighted by atomic mass is 10.1. The summed E-state index contributed by atoms with van der Waals surface area (Å²) in [6.45, 7) is 12.9. The Morgan fingerprint density at radius 3 is 2.76 bits per heavy atom. The maximum atomic E-state index is 5.50. The molecular weight excluding hydrogens is 310 g/mol. The van der Waals surface area contributed by atoms with E-state index in [0.29, 0.717) is 6.04 Å². The Hall–Kier alpha value is -1.36. The van der Waals surface area contributed by atoms with E-state index in [4.69, 9.17) is 4.74 Å². The Bertz CT molecular complexity index is 564. The van der Waals surface area contributed by atoms with E-state index < -0.39 is 0 Å². The molecule has 1 aromatic carbocycles. The van der Waals surface area contributed by atoms with Crippen LogP contribution in [0.4, 0.5) is 5.69 Å². The van der Waals surface area contributed by atoms with Gasteiger partial charge in [0.15, 0.2) is 0 Å². The van der Waals surface area contributed by atoms with E-state index in [2.05, 4.69) is 59.3 Å². The molecule has 1 aromatic rings. The van der Waals surface area contributed by atoms with Gasteiger partial charge >= 0.3 is 0 Å². The maximum Gasteiger partial charge on any atom is 0.0689 e. The second-order valence-electron chi connectivity index (χ2n) is 7.44. The third-order valence-electron chi connectivity index (χ3n) is 5.28. The molecule has 0 aromatic heterocycles. The highest BCUT2D eigenvalue weighted by molar-refractivity contribution is 5.48. The summed E-state index contributed by atoms with van der Waals surface area (Å²) < 4.78 is 5.50. The number of nitrogens with zero attached hydrogens (tertiary/aromatic N) is 2. The Morgan fingerprint density at radius 1 is 1.20 bits per heavy atom. The number of hydrogen-bond donors (Lipinski definition) is 1. The molecule has 4 heteroatoms. The fraction of sp³-hybridized carbons (Fsp3) is 0.619. The second-order valence-corrected chi connectivity index (χ2v) is 7.44. The molecule has 1 fully saturated rings. The predicted molar refractivity (Wildman–Crippen MR) is 105 cm³/mol. The highest BCUT2D eigenvalue weighted by Gasteiger charge is 2.17. The number of hydrogen-bond acceptors (Lipinski definition) is 4. The Labute approximate surface area is 152 Å². The summed E-state index contributed by atoms with van der Waals surface area (Å²) in [4.78, 5) is 5.12. The van der Waals surface area contributed by atoms with Gasteiger partial charge in [-0.1, -0.05) is 18.2 Å². The SMILES string of the molecule is Cc1cccc(N2CCN(CC[C@@H](C)NCC3=CCCOC3)CC2)c1. The van der Waals surface area contributed by atoms with Gasteiger partial charge in [-0.15, -0.1) is 0 Å². The predicted octanol–water partition coefficient (Wildman–Crippen LogP) is 2.83. The van der Waals surface area contributed by atoms with Crippen molar-refractivity contribution in [3.8, 4) is 0 Å². The summed E-state index contributed by atoms with van der Waals surface area (Å²) in [5.74, 6) is 0. The number of ether oxygens (including phenoxy) is 1. The van der Waals surface area contributed by atoms with E-state index in [1.54, 1.807) is 0 Å². The summed E-state index contributed by atoms with van der Waals surface area (Å²) >= 11 is 0. The molecule has 2 aliphatic heterocycles. The van der Waals surface area contributed by atoms with E-state index in [9.17, 15) is 0 Å². The standard InChI is InChI=1S/C21H33N3O/c1-18-5-3-7-21(15-18)24-12-10-23(11-13-24)9-8-19(2)22-16-20-6-4-14-25-17-20/h3,5-7,15,19,22H,4,8-14,16-17H2,1-2H3/t19-/m1/s1. The number of aryl methyl sites for hydroxylation is 1. The average Bonchev–Trinajstić information content (AvgIpc) is 2.66. The zero-order valence-corrected chi connectivity index (χ0v) is 15.8. The van der Waals surface area contributed by atoms with Crippen molar-refractivity contribution in [3.63, 3.8) is 0 Å². The van der Waals surface area contributed by atoms with Crippen LogP contribution < -0.4 is 10.2 Å². The molecule has 1 N–H and O–H groups in total. The molecule has 0 bridgehead atoms. The zero-order chi connectivity index (χ0) is 17.5. The molecule has 0 radical (unpaired) electrons. The number of anilines is 1. The topological polar surface area (TPSA) is 27.7 Å². The maximum absolute atomic E-state index is 5.50. The second kappa shape index (κ2) is 9.37. The van der Waals surface area contributed by atoms with E-state index >= 15 is 0 Å². The molecule has 0 spiro atoms. The number of nitrogens with one attached hydrogen (secondary N) is 1. The molecule has 1 atom stereocenters. The third-order valence-corrected chi connectivity index (χ3v) is 5.28. The lowest BCUT2D eigenvalue weighted by molar-refractivity contribution is 0.148. The van der Waals surface area contributed by atoms with Crippen molar-refractivity contribution in [2.24, 2.45) is 0 Å². The van der Waals surface area contributed by atoms with Crippen LogP contribution in [0, 0.1) is 6.92 Å². The highest BCUT2D eigenvalue weighted by atomic mass is 16.5. The number of piperazine rings is 1. The summed E-state index contributed by atoms with van der Waals surface area (Å²) in [5.41, 5.74) is 4.13. The molecule has 2 aliphatic rings. The van der Waals surface area contributed by atoms with E-state index in [-0.39, 0.29) is 0 Å². The Kier molecular flexibility index (Phi) is 6.91. The first kappa shape index (κ1) is 18.4. The normalized spacial score (nSPS) is 20.4. The quantitative estimate of drug-likeness (QED) is 0.771. The fourth-order valence-corrected chi connectivity index (χ4v) is 3.57. The van der Waals surface area contributed by atoms with Gasteiger partial charge < -0.3 is 15.0 Å². The van der Waals surface area contributed by atoms with Crippen molar-refractivity contribution in [1.82, 2.24) is 10.2 Å². The van der Waals surface area contributed by atoms with Crippen LogP contribution in [-0.2, 0) is 4.74 Å². The van der Waals surface area contributed by atoms with Crippen molar-refractivity contribution in [1.29, 1.82) is 0 Å². The van der Waals surface area contributed by atoms with Crippen LogP contribution in [0.2, 0.25) is 0 Å². The van der Waals surface area contributed by atoms with Gasteiger partial charge in [0.1, 0.15) is 0 Å². The first-order chi connectivity index (χ1) is 12.2. The van der Waals surface area contributed by atoms with Gasteiger partial charge in [0, 0.05) is 44.5 Å². The van der Waals surface area contributed by atoms with Crippen molar-refractivity contribution in [3.05, 3.63) is 41.5 Å². The van der Waals surface area contributed by atoms with Gasteiger partial charge in [0.2, 0.25) is 0 Å². The van der Waals surface area contributed by atoms with Crippen LogP contribution >= 0.6 is 0 Å². The van der Waals surface area contributed by atoms with Crippen LogP contribution in [0.25, 0.3) is 0 Å². The molecule has 0 amide bonds. The van der Waals surface area contributed by atoms with Crippen molar-refractivity contribution in [2.45, 2.75) is 32.7 Å². The van der Waals surface area contributed by atoms with Crippen molar-refractivity contribution < 1.29 is 4.74 Å². The van der Waals surface area contributed by atoms with Gasteiger partial charge in [0.05, 0.1) is 13.2 Å². The minimum absolute atomic E-state index is 0.553. The smallest absolute Gasteiger partial charge is 0.0689 e. The highest BCUT2D eigenvalue weighted by Crippen LogP contribution is 2.18. The van der Waals surface area contributed by atoms with Gasteiger partial charge in [0.25, 0.3) is 0 Å². The lowest BCUT2D eigenvalue weighted by Crippen LogP contribution is -2.47. The van der Waals surface area contributed by atoms with Crippen LogP contribution in [0.1, 0.15) is 25.3 Å². The van der Waals surface area contributed by atoms with Crippen molar-refractivity contribution in [2.75, 3.05) is 57.4 Å². The zero-order valence-electron chi connectivity index (χ0n) is 15.8. The Balaban J connectivity index is 1.34. The molecule has 2 heterocycles. The third kappa shape index (κ3) is 5.84. The molecule has 4 nitrogen and oxygen atoms in total. The molecule has 0 aliphatic carbocycles. The van der Waals surface area contributed by atoms with Gasteiger partial charge in [-0.05, 0) is 56.5 Å². The van der Waals surface area contributed by atoms with Crippen LogP contribution in [0.3, 0.4) is 0 Å². The van der Waals surface area contributed by atoms with Gasteiger partial charge in [-0.3, -0.25) is 4.90 Å². The average molecular weight is 344 g/mol. The summed E-state index contributed by atoms with van der Waals surface area (Å²) in [5, 5.41) is 3.65. The van der Waals surface area contributed by atoms with Crippen LogP contribution in [0.5, 0.6) is 0 Å². The molecule has 0 saturated carbocycles. The number of benzene rings is 1. The monoisotopic (exact) mass is 343 g/mol. The van der Waals surface area contributed by atoms with E-state index in [0.717, 1.165) is 39.3 Å². The minimum atomic E-state index is 0.553. The summed E-state index contributed by atoms with van der Waals surface area (Å²) in [7, 11) is 0. The van der Waals surface area contributed by atoms with Crippen LogP contribution in [0.15, 0.2) is 35.9 Å². The largest absolute Gasteiger partial charge is 0.377 e. The lowest BCUT2D eigenvalue weighted by Gasteiger charge is -2.36. The van der Waals surface area contributed by atoms with E-state index in [1.807, 2.05) is 0 Å². The number of rotatable bonds is 7. The molecule has 138 valence electrons. The molecular formula is C21H33N3O. The van der Waals surface area contributed by atoms with Gasteiger partial charge in [-0.25, -0.2) is 0 Å². The molecule has 3 rings (SSSR count). The molecule has 25 heavy (non-hydrogen) atoms. The minimum Gasteiger partial charge on any atom is -0.377 e. The molecule has 0 unspecified atom stereocenters. The summed E-state index contributed by atoms with van der Waals surface area (Å²) in [6, 6.07) is 9.42. The molecule has 1 saturated heterocycles. The van der Waals surface area contributed by atoms with E-state index in [1.165, 1.54) is 42.9 Å². The first-order valence-electron chi connectivity index (χ1n) is 9.74. The fourth-order valence-electron chi connectivity index (χ4n) is 3.57. The summed E-state index contributed by atoms with van der Waals surface area (Å²) in [6.07, 6.45) is 4.60. The Morgan fingerprint density at radius 2 is 2.04 bits per heavy atom. The van der Waals surface area contributed by atoms with Crippen LogP contribution in [-0.4, -0.2) is 63.4 Å².